The van der Waals surface area contributed by atoms with Gasteiger partial charge in [-0.15, -0.1) is 0 Å². The van der Waals surface area contributed by atoms with Crippen LogP contribution in [0.15, 0.2) is 29.8 Å². The molecule has 5 nitrogen and oxygen atoms in total. The molecule has 1 aliphatic carbocycles. The first-order valence-electron chi connectivity index (χ1n) is 7.93. The van der Waals surface area contributed by atoms with Crippen molar-refractivity contribution in [3.05, 3.63) is 35.4 Å². The Labute approximate surface area is 136 Å². The molecule has 1 aromatic rings. The Morgan fingerprint density at radius 2 is 2.09 bits per heavy atom. The van der Waals surface area contributed by atoms with E-state index in [0.29, 0.717) is 18.6 Å². The number of phenols is 1. The fourth-order valence-corrected chi connectivity index (χ4v) is 3.68. The number of hydrogen-bond donors (Lipinski definition) is 3. The predicted molar refractivity (Wildman–Crippen MR) is 85.4 cm³/mol. The van der Waals surface area contributed by atoms with Crippen LogP contribution in [0.2, 0.25) is 0 Å². The van der Waals surface area contributed by atoms with Gasteiger partial charge in [-0.1, -0.05) is 12.1 Å². The van der Waals surface area contributed by atoms with E-state index in [1.54, 1.807) is 25.1 Å². The Kier molecular flexibility index (Phi) is 4.12. The van der Waals surface area contributed by atoms with Crippen molar-refractivity contribution in [3.63, 3.8) is 0 Å². The van der Waals surface area contributed by atoms with E-state index in [4.69, 9.17) is 9.47 Å². The minimum Gasteiger partial charge on any atom is -0.504 e. The SMILES string of the molecule is COc1cc([C@@H]2C[C@@](C)(O)[C@@H]3CC=C(C)[C@@H](O)[C@@H]3O2)ccc1O. The zero-order valence-corrected chi connectivity index (χ0v) is 13.7. The molecule has 1 saturated heterocycles. The summed E-state index contributed by atoms with van der Waals surface area (Å²) in [7, 11) is 1.49. The van der Waals surface area contributed by atoms with Gasteiger partial charge in [0.1, 0.15) is 6.10 Å². The smallest absolute Gasteiger partial charge is 0.160 e. The summed E-state index contributed by atoms with van der Waals surface area (Å²) in [6, 6.07) is 5.03. The maximum atomic E-state index is 10.9. The summed E-state index contributed by atoms with van der Waals surface area (Å²) in [5.41, 5.74) is 0.764. The molecule has 2 aliphatic rings. The number of rotatable bonds is 2. The number of benzene rings is 1. The first-order chi connectivity index (χ1) is 10.8. The summed E-state index contributed by atoms with van der Waals surface area (Å²) in [6.45, 7) is 3.69. The number of aliphatic hydroxyl groups excluding tert-OH is 1. The number of phenolic OH excluding ortho intramolecular Hbond substituents is 1. The number of aliphatic hydroxyl groups is 2. The van der Waals surface area contributed by atoms with Gasteiger partial charge in [-0.25, -0.2) is 0 Å². The molecule has 1 fully saturated rings. The molecule has 0 saturated carbocycles. The van der Waals surface area contributed by atoms with Gasteiger partial charge in [-0.05, 0) is 43.5 Å². The van der Waals surface area contributed by atoms with Crippen LogP contribution >= 0.6 is 0 Å². The normalized spacial score (nSPS) is 37.0. The number of methoxy groups -OCH3 is 1. The van der Waals surface area contributed by atoms with Gasteiger partial charge in [0.15, 0.2) is 11.5 Å². The third-order valence-corrected chi connectivity index (χ3v) is 5.16. The first-order valence-corrected chi connectivity index (χ1v) is 7.93. The van der Waals surface area contributed by atoms with Gasteiger partial charge in [0.05, 0.1) is 24.9 Å². The van der Waals surface area contributed by atoms with Crippen molar-refractivity contribution in [2.24, 2.45) is 5.92 Å². The van der Waals surface area contributed by atoms with Crippen LogP contribution in [-0.4, -0.2) is 40.2 Å². The molecule has 23 heavy (non-hydrogen) atoms. The minimum absolute atomic E-state index is 0.0631. The zero-order chi connectivity index (χ0) is 16.8. The second kappa shape index (κ2) is 5.82. The molecular formula is C18H24O5. The van der Waals surface area contributed by atoms with Gasteiger partial charge in [0.25, 0.3) is 0 Å². The number of hydrogen-bond acceptors (Lipinski definition) is 5. The predicted octanol–water partition coefficient (Wildman–Crippen LogP) is 2.31. The second-order valence-electron chi connectivity index (χ2n) is 6.82. The van der Waals surface area contributed by atoms with Crippen LogP contribution in [0, 0.1) is 5.92 Å². The highest BCUT2D eigenvalue weighted by Crippen LogP contribution is 2.47. The zero-order valence-electron chi connectivity index (χ0n) is 13.7. The van der Waals surface area contributed by atoms with E-state index in [2.05, 4.69) is 0 Å². The summed E-state index contributed by atoms with van der Waals surface area (Å²) in [4.78, 5) is 0. The van der Waals surface area contributed by atoms with Gasteiger partial charge >= 0.3 is 0 Å². The first kappa shape index (κ1) is 16.3. The van der Waals surface area contributed by atoms with Crippen molar-refractivity contribution in [1.82, 2.24) is 0 Å². The molecule has 0 radical (unpaired) electrons. The van der Waals surface area contributed by atoms with Gasteiger partial charge in [0, 0.05) is 12.3 Å². The van der Waals surface area contributed by atoms with Crippen molar-refractivity contribution in [2.75, 3.05) is 7.11 Å². The largest absolute Gasteiger partial charge is 0.504 e. The van der Waals surface area contributed by atoms with Crippen molar-refractivity contribution in [2.45, 2.75) is 50.6 Å². The monoisotopic (exact) mass is 320 g/mol. The fourth-order valence-electron chi connectivity index (χ4n) is 3.68. The lowest BCUT2D eigenvalue weighted by Gasteiger charge is -2.49. The molecular weight excluding hydrogens is 296 g/mol. The molecule has 0 amide bonds. The molecule has 0 unspecified atom stereocenters. The van der Waals surface area contributed by atoms with Gasteiger partial charge in [-0.3, -0.25) is 0 Å². The quantitative estimate of drug-likeness (QED) is 0.729. The van der Waals surface area contributed by atoms with Crippen LogP contribution in [0.5, 0.6) is 11.5 Å². The van der Waals surface area contributed by atoms with E-state index >= 15 is 0 Å². The Morgan fingerprint density at radius 1 is 1.35 bits per heavy atom. The highest BCUT2D eigenvalue weighted by Gasteiger charge is 2.49. The van der Waals surface area contributed by atoms with Crippen LogP contribution in [0.3, 0.4) is 0 Å². The van der Waals surface area contributed by atoms with Crippen molar-refractivity contribution in [3.8, 4) is 11.5 Å². The molecule has 0 spiro atoms. The molecule has 1 aromatic carbocycles. The molecule has 0 aromatic heterocycles. The summed E-state index contributed by atoms with van der Waals surface area (Å²) in [6.07, 6.45) is 1.61. The van der Waals surface area contributed by atoms with E-state index in [9.17, 15) is 15.3 Å². The highest BCUT2D eigenvalue weighted by atomic mass is 16.5. The number of fused-ring (bicyclic) bond motifs is 1. The topological polar surface area (TPSA) is 79.2 Å². The average Bonchev–Trinajstić information content (AvgIpc) is 2.51. The molecule has 5 heteroatoms. The maximum absolute atomic E-state index is 10.9. The van der Waals surface area contributed by atoms with Crippen molar-refractivity contribution in [1.29, 1.82) is 0 Å². The summed E-state index contributed by atoms with van der Waals surface area (Å²) < 4.78 is 11.3. The lowest BCUT2D eigenvalue weighted by Crippen LogP contribution is -2.55. The van der Waals surface area contributed by atoms with E-state index in [1.807, 2.05) is 13.0 Å². The van der Waals surface area contributed by atoms with Crippen LogP contribution in [0.4, 0.5) is 0 Å². The molecule has 1 heterocycles. The molecule has 3 rings (SSSR count). The molecule has 5 atom stereocenters. The summed E-state index contributed by atoms with van der Waals surface area (Å²) in [5, 5.41) is 31.1. The maximum Gasteiger partial charge on any atom is 0.160 e. The lowest BCUT2D eigenvalue weighted by atomic mass is 9.70. The van der Waals surface area contributed by atoms with Gasteiger partial charge < -0.3 is 24.8 Å². The second-order valence-corrected chi connectivity index (χ2v) is 6.82. The van der Waals surface area contributed by atoms with E-state index < -0.39 is 17.8 Å². The Bertz CT molecular complexity index is 622. The van der Waals surface area contributed by atoms with E-state index in [1.165, 1.54) is 7.11 Å². The van der Waals surface area contributed by atoms with E-state index in [0.717, 1.165) is 11.1 Å². The number of aromatic hydroxyl groups is 1. The lowest BCUT2D eigenvalue weighted by molar-refractivity contribution is -0.206. The summed E-state index contributed by atoms with van der Waals surface area (Å²) in [5.74, 6) is 0.303. The van der Waals surface area contributed by atoms with Gasteiger partial charge in [0.2, 0.25) is 0 Å². The highest BCUT2D eigenvalue weighted by molar-refractivity contribution is 5.42. The molecule has 126 valence electrons. The minimum atomic E-state index is -0.934. The summed E-state index contributed by atoms with van der Waals surface area (Å²) >= 11 is 0. The van der Waals surface area contributed by atoms with Crippen LogP contribution in [-0.2, 0) is 4.74 Å². The molecule has 0 bridgehead atoms. The van der Waals surface area contributed by atoms with Crippen molar-refractivity contribution >= 4 is 0 Å². The Hall–Kier alpha value is -1.56. The third kappa shape index (κ3) is 2.84. The molecule has 3 N–H and O–H groups in total. The van der Waals surface area contributed by atoms with Crippen LogP contribution in [0.25, 0.3) is 0 Å². The Balaban J connectivity index is 1.92. The van der Waals surface area contributed by atoms with Crippen LogP contribution < -0.4 is 4.74 Å². The van der Waals surface area contributed by atoms with E-state index in [-0.39, 0.29) is 17.8 Å². The third-order valence-electron chi connectivity index (χ3n) is 5.16. The number of ether oxygens (including phenoxy) is 2. The van der Waals surface area contributed by atoms with Crippen LogP contribution in [0.1, 0.15) is 38.4 Å². The standard InChI is InChI=1S/C18H24O5/c1-10-4-6-12-17(16(10)20)23-15(9-18(12,2)21)11-5-7-13(19)14(8-11)22-3/h4-5,7-8,12,15-17,19-21H,6,9H2,1-3H3/t12-,15+,16-,17-,18-/m1/s1. The fraction of sp³-hybridized carbons (Fsp3) is 0.556. The Morgan fingerprint density at radius 3 is 2.78 bits per heavy atom. The molecule has 1 aliphatic heterocycles. The van der Waals surface area contributed by atoms with Gasteiger partial charge in [-0.2, -0.15) is 0 Å². The number of allylic oxidation sites excluding steroid dienone is 1. The van der Waals surface area contributed by atoms with Crippen molar-refractivity contribution < 1.29 is 24.8 Å². The average molecular weight is 320 g/mol.